The van der Waals surface area contributed by atoms with Crippen molar-refractivity contribution in [3.8, 4) is 0 Å². The molecule has 0 unspecified atom stereocenters. The van der Waals surface area contributed by atoms with Gasteiger partial charge in [0.1, 0.15) is 12.7 Å². The first kappa shape index (κ1) is 34.2. The molecular formula is C42H49BN2O. The molecule has 4 heteroatoms. The number of rotatable bonds is 13. The normalized spacial score (nSPS) is 11.2. The summed E-state index contributed by atoms with van der Waals surface area (Å²) in [6, 6.07) is 54.2. The summed E-state index contributed by atoms with van der Waals surface area (Å²) in [5.41, 5.74) is 7.31. The van der Waals surface area contributed by atoms with Gasteiger partial charge >= 0.3 is 0 Å². The molecule has 0 aliphatic carbocycles. The van der Waals surface area contributed by atoms with E-state index in [0.29, 0.717) is 5.57 Å². The lowest BCUT2D eigenvalue weighted by atomic mass is 9.13. The molecule has 0 atom stereocenters. The number of amides is 1. The number of carbonyl (C=O) groups excluding carboxylic acids is 1. The number of carbonyl (C=O) groups is 1. The molecule has 0 aliphatic heterocycles. The number of benzene rings is 5. The molecule has 0 bridgehead atoms. The van der Waals surface area contributed by atoms with Crippen LogP contribution in [0.15, 0.2) is 164 Å². The van der Waals surface area contributed by atoms with E-state index >= 15 is 0 Å². The molecule has 0 heterocycles. The second-order valence-electron chi connectivity index (χ2n) is 12.2. The van der Waals surface area contributed by atoms with E-state index in [0.717, 1.165) is 43.6 Å². The molecule has 5 aromatic rings. The van der Waals surface area contributed by atoms with Gasteiger partial charge in [-0.2, -0.15) is 21.9 Å². The van der Waals surface area contributed by atoms with Gasteiger partial charge in [0.05, 0.1) is 19.6 Å². The van der Waals surface area contributed by atoms with Crippen LogP contribution in [0, 0.1) is 0 Å². The van der Waals surface area contributed by atoms with Crippen molar-refractivity contribution in [1.29, 1.82) is 0 Å². The zero-order valence-corrected chi connectivity index (χ0v) is 27.8. The van der Waals surface area contributed by atoms with E-state index in [2.05, 4.69) is 177 Å². The summed E-state index contributed by atoms with van der Waals surface area (Å²) < 4.78 is 1.06. The van der Waals surface area contributed by atoms with Gasteiger partial charge in [-0.15, -0.1) is 0 Å². The van der Waals surface area contributed by atoms with Crippen LogP contribution in [-0.2, 0) is 11.3 Å². The van der Waals surface area contributed by atoms with Gasteiger partial charge in [-0.3, -0.25) is 4.79 Å². The molecule has 0 fully saturated rings. The molecule has 0 aliphatic rings. The van der Waals surface area contributed by atoms with Crippen molar-refractivity contribution in [2.24, 2.45) is 0 Å². The van der Waals surface area contributed by atoms with E-state index in [1.165, 1.54) is 27.4 Å². The van der Waals surface area contributed by atoms with Gasteiger partial charge in [-0.25, -0.2) is 0 Å². The number of nitrogens with zero attached hydrogens (tertiary/aromatic N) is 1. The van der Waals surface area contributed by atoms with Gasteiger partial charge in [-0.05, 0) is 20.8 Å². The minimum atomic E-state index is -1.22. The molecule has 236 valence electrons. The van der Waals surface area contributed by atoms with Crippen molar-refractivity contribution in [3.05, 3.63) is 169 Å². The molecule has 3 nitrogen and oxygen atoms in total. The Hall–Kier alpha value is -4.67. The molecule has 0 aromatic heterocycles. The van der Waals surface area contributed by atoms with Crippen molar-refractivity contribution in [2.45, 2.75) is 33.7 Å². The zero-order valence-electron chi connectivity index (χ0n) is 27.8. The lowest BCUT2D eigenvalue weighted by Crippen LogP contribution is -2.74. The van der Waals surface area contributed by atoms with E-state index in [-0.39, 0.29) is 5.91 Å². The van der Waals surface area contributed by atoms with Crippen LogP contribution >= 0.6 is 0 Å². The summed E-state index contributed by atoms with van der Waals surface area (Å²) in [4.78, 5) is 11.5. The van der Waals surface area contributed by atoms with Gasteiger partial charge in [0.15, 0.2) is 0 Å². The largest absolute Gasteiger partial charge is 0.352 e. The Bertz CT molecular complexity index is 1440. The molecule has 1 amide bonds. The van der Waals surface area contributed by atoms with Crippen molar-refractivity contribution in [2.75, 3.05) is 26.2 Å². The summed E-state index contributed by atoms with van der Waals surface area (Å²) in [5, 5.41) is 2.92. The van der Waals surface area contributed by atoms with E-state index in [1.807, 2.05) is 0 Å². The standard InChI is InChI=1S/C24H20B.C18H28N2O/c1-5-13-21(14-6-1)25(22-15-7-2-8-16-22,23-17-9-3-10-18-23)24-19-11-4-12-20-24;1-5-20(6-2,15-17-11-8-7-9-12-17)14-10-13-19-18(21)16(3)4/h1-20H;7-9,11-12H,3,5-6,10,13-15H2,1-2,4H3/q-1;/p+1. The lowest BCUT2D eigenvalue weighted by molar-refractivity contribution is -0.937. The maximum atomic E-state index is 11.5. The molecule has 0 saturated carbocycles. The van der Waals surface area contributed by atoms with E-state index in [9.17, 15) is 4.79 Å². The summed E-state index contributed by atoms with van der Waals surface area (Å²) in [7, 11) is 0. The highest BCUT2D eigenvalue weighted by Gasteiger charge is 2.31. The molecule has 5 aromatic carbocycles. The first-order valence-electron chi connectivity index (χ1n) is 16.7. The van der Waals surface area contributed by atoms with Crippen molar-refractivity contribution in [1.82, 2.24) is 5.32 Å². The van der Waals surface area contributed by atoms with E-state index in [4.69, 9.17) is 0 Å². The Balaban J connectivity index is 0.000000213. The van der Waals surface area contributed by atoms with Gasteiger partial charge in [0.25, 0.3) is 0 Å². The van der Waals surface area contributed by atoms with E-state index in [1.54, 1.807) is 6.92 Å². The van der Waals surface area contributed by atoms with Crippen LogP contribution in [-0.4, -0.2) is 42.7 Å². The Morgan fingerprint density at radius 3 is 1.28 bits per heavy atom. The SMILES string of the molecule is C=C(C)C(=O)NCCC[N+](CC)(CC)Cc1ccccc1.c1ccc([B-](c2ccccc2)(c2ccccc2)c2ccccc2)cc1. The van der Waals surface area contributed by atoms with Crippen LogP contribution in [0.3, 0.4) is 0 Å². The van der Waals surface area contributed by atoms with Crippen molar-refractivity contribution < 1.29 is 9.28 Å². The monoisotopic (exact) mass is 608 g/mol. The highest BCUT2D eigenvalue weighted by molar-refractivity contribution is 7.19. The molecule has 5 rings (SSSR count). The Morgan fingerprint density at radius 1 is 0.609 bits per heavy atom. The fourth-order valence-electron chi connectivity index (χ4n) is 6.70. The maximum absolute atomic E-state index is 11.5. The minimum Gasteiger partial charge on any atom is -0.352 e. The zero-order chi connectivity index (χ0) is 32.7. The topological polar surface area (TPSA) is 29.1 Å². The highest BCUT2D eigenvalue weighted by Crippen LogP contribution is 2.15. The van der Waals surface area contributed by atoms with Gasteiger partial charge in [-0.1, -0.05) is 158 Å². The first-order chi connectivity index (χ1) is 22.4. The number of hydrogen-bond acceptors (Lipinski definition) is 1. The van der Waals surface area contributed by atoms with Crippen LogP contribution in [0.2, 0.25) is 0 Å². The summed E-state index contributed by atoms with van der Waals surface area (Å²) in [6.45, 7) is 15.0. The first-order valence-corrected chi connectivity index (χ1v) is 16.7. The Labute approximate surface area is 277 Å². The van der Waals surface area contributed by atoms with Crippen LogP contribution in [0.25, 0.3) is 0 Å². The third-order valence-corrected chi connectivity index (χ3v) is 9.38. The number of hydrogen-bond donors (Lipinski definition) is 1. The molecule has 0 radical (unpaired) electrons. The van der Waals surface area contributed by atoms with Gasteiger partial charge in [0, 0.05) is 24.1 Å². The molecule has 46 heavy (non-hydrogen) atoms. The number of nitrogens with one attached hydrogen (secondary N) is 1. The average molecular weight is 609 g/mol. The van der Waals surface area contributed by atoms with Crippen LogP contribution < -0.4 is 27.2 Å². The summed E-state index contributed by atoms with van der Waals surface area (Å²) in [6.07, 6.45) is -0.222. The maximum Gasteiger partial charge on any atom is 0.246 e. The molecular weight excluding hydrogens is 559 g/mol. The second kappa shape index (κ2) is 17.1. The van der Waals surface area contributed by atoms with Crippen molar-refractivity contribution in [3.63, 3.8) is 0 Å². The quantitative estimate of drug-likeness (QED) is 0.0735. The lowest BCUT2D eigenvalue weighted by Gasteiger charge is -2.44. The minimum absolute atomic E-state index is 0.0378. The number of quaternary nitrogens is 1. The highest BCUT2D eigenvalue weighted by atomic mass is 16.1. The predicted molar refractivity (Wildman–Crippen MR) is 199 cm³/mol. The summed E-state index contributed by atoms with van der Waals surface area (Å²) in [5.74, 6) is -0.0378. The van der Waals surface area contributed by atoms with Gasteiger partial charge in [0.2, 0.25) is 5.91 Å². The van der Waals surface area contributed by atoms with Crippen molar-refractivity contribution >= 4 is 33.9 Å². The smallest absolute Gasteiger partial charge is 0.246 e. The van der Waals surface area contributed by atoms with Crippen LogP contribution in [0.1, 0.15) is 32.8 Å². The fraction of sp³-hybridized carbons (Fsp3) is 0.214. The third-order valence-electron chi connectivity index (χ3n) is 9.38. The second-order valence-corrected chi connectivity index (χ2v) is 12.2. The Kier molecular flexibility index (Phi) is 12.8. The molecule has 0 spiro atoms. The van der Waals surface area contributed by atoms with E-state index < -0.39 is 6.15 Å². The molecule has 1 N–H and O–H groups in total. The fourth-order valence-corrected chi connectivity index (χ4v) is 6.70. The average Bonchev–Trinajstić information content (AvgIpc) is 3.12. The summed E-state index contributed by atoms with van der Waals surface area (Å²) >= 11 is 0. The van der Waals surface area contributed by atoms with Gasteiger partial charge < -0.3 is 9.80 Å². The van der Waals surface area contributed by atoms with Crippen LogP contribution in [0.5, 0.6) is 0 Å². The Morgan fingerprint density at radius 2 is 0.957 bits per heavy atom. The third kappa shape index (κ3) is 8.53. The predicted octanol–water partition coefficient (Wildman–Crippen LogP) is 6.19. The van der Waals surface area contributed by atoms with Crippen LogP contribution in [0.4, 0.5) is 0 Å². The molecule has 0 saturated heterocycles.